The quantitative estimate of drug-likeness (QED) is 0.915. The lowest BCUT2D eigenvalue weighted by atomic mass is 9.77. The maximum absolute atomic E-state index is 4.75. The first-order valence-corrected chi connectivity index (χ1v) is 8.55. The van der Waals surface area contributed by atoms with E-state index in [0.717, 1.165) is 37.8 Å². The molecule has 0 amide bonds. The maximum atomic E-state index is 4.75. The number of aromatic nitrogens is 2. The van der Waals surface area contributed by atoms with Crippen LogP contribution in [0.1, 0.15) is 57.4 Å². The zero-order valence-electron chi connectivity index (χ0n) is 13.5. The van der Waals surface area contributed by atoms with Gasteiger partial charge in [-0.05, 0) is 44.4 Å². The Morgan fingerprint density at radius 2 is 1.90 bits per heavy atom. The molecular weight excluding hydrogens is 260 g/mol. The van der Waals surface area contributed by atoms with Crippen LogP contribution in [0.2, 0.25) is 0 Å². The summed E-state index contributed by atoms with van der Waals surface area (Å²) in [6, 6.07) is 0. The monoisotopic (exact) mass is 288 g/mol. The van der Waals surface area contributed by atoms with Crippen LogP contribution in [0.5, 0.6) is 0 Å². The molecule has 4 heteroatoms. The Bertz CT molecular complexity index is 470. The standard InChI is InChI=1S/C17H28N4/c1-3-10-18-16-19-13-14(2)15(20-16)21-11-8-17(9-12-21)6-4-5-7-17/h13H,3-12H2,1-2H3,(H,18,19,20). The van der Waals surface area contributed by atoms with Gasteiger partial charge in [0.25, 0.3) is 0 Å². The van der Waals surface area contributed by atoms with Crippen LogP contribution >= 0.6 is 0 Å². The lowest BCUT2D eigenvalue weighted by molar-refractivity contribution is 0.226. The summed E-state index contributed by atoms with van der Waals surface area (Å²) in [4.78, 5) is 11.6. The van der Waals surface area contributed by atoms with Crippen molar-refractivity contribution in [2.45, 2.75) is 58.8 Å². The number of hydrogen-bond donors (Lipinski definition) is 1. The van der Waals surface area contributed by atoms with E-state index in [2.05, 4.69) is 29.0 Å². The Morgan fingerprint density at radius 3 is 2.57 bits per heavy atom. The molecule has 4 nitrogen and oxygen atoms in total. The second-order valence-corrected chi connectivity index (χ2v) is 6.82. The summed E-state index contributed by atoms with van der Waals surface area (Å²) in [5.41, 5.74) is 1.86. The van der Waals surface area contributed by atoms with E-state index in [-0.39, 0.29) is 0 Å². The van der Waals surface area contributed by atoms with Crippen molar-refractivity contribution in [2.75, 3.05) is 29.9 Å². The van der Waals surface area contributed by atoms with Crippen LogP contribution in [0.25, 0.3) is 0 Å². The number of anilines is 2. The van der Waals surface area contributed by atoms with Crippen molar-refractivity contribution < 1.29 is 0 Å². The van der Waals surface area contributed by atoms with Gasteiger partial charge in [-0.3, -0.25) is 0 Å². The lowest BCUT2D eigenvalue weighted by Crippen LogP contribution is -2.39. The van der Waals surface area contributed by atoms with E-state index in [0.29, 0.717) is 5.41 Å². The van der Waals surface area contributed by atoms with Crippen LogP contribution < -0.4 is 10.2 Å². The van der Waals surface area contributed by atoms with Gasteiger partial charge in [-0.1, -0.05) is 19.8 Å². The molecule has 0 atom stereocenters. The molecule has 1 aliphatic heterocycles. The highest BCUT2D eigenvalue weighted by atomic mass is 15.2. The van der Waals surface area contributed by atoms with Gasteiger partial charge < -0.3 is 10.2 Å². The van der Waals surface area contributed by atoms with E-state index in [1.807, 2.05) is 6.20 Å². The summed E-state index contributed by atoms with van der Waals surface area (Å²) >= 11 is 0. The van der Waals surface area contributed by atoms with E-state index >= 15 is 0 Å². The third-order valence-corrected chi connectivity index (χ3v) is 5.27. The SMILES string of the molecule is CCCNc1ncc(C)c(N2CCC3(CCCC3)CC2)n1. The summed E-state index contributed by atoms with van der Waals surface area (Å²) in [6.07, 6.45) is 11.5. The molecule has 1 aliphatic carbocycles. The topological polar surface area (TPSA) is 41.1 Å². The Labute approximate surface area is 128 Å². The number of nitrogens with one attached hydrogen (secondary N) is 1. The molecule has 2 heterocycles. The molecule has 0 radical (unpaired) electrons. The minimum Gasteiger partial charge on any atom is -0.356 e. The first-order valence-electron chi connectivity index (χ1n) is 8.55. The molecular formula is C17H28N4. The molecule has 2 aliphatic rings. The van der Waals surface area contributed by atoms with E-state index < -0.39 is 0 Å². The number of piperidine rings is 1. The molecule has 1 aromatic rings. The largest absolute Gasteiger partial charge is 0.356 e. The second kappa shape index (κ2) is 6.20. The molecule has 1 spiro atoms. The van der Waals surface area contributed by atoms with Crippen molar-refractivity contribution in [1.29, 1.82) is 0 Å². The van der Waals surface area contributed by atoms with Gasteiger partial charge in [0.2, 0.25) is 5.95 Å². The van der Waals surface area contributed by atoms with Crippen LogP contribution in [0.15, 0.2) is 6.20 Å². The zero-order chi connectivity index (χ0) is 14.7. The van der Waals surface area contributed by atoms with Crippen molar-refractivity contribution in [1.82, 2.24) is 9.97 Å². The molecule has 1 aromatic heterocycles. The van der Waals surface area contributed by atoms with Crippen LogP contribution in [0.4, 0.5) is 11.8 Å². The Morgan fingerprint density at radius 1 is 1.19 bits per heavy atom. The highest BCUT2D eigenvalue weighted by Crippen LogP contribution is 2.46. The molecule has 3 rings (SSSR count). The van der Waals surface area contributed by atoms with Crippen LogP contribution in [-0.2, 0) is 0 Å². The van der Waals surface area contributed by atoms with E-state index in [1.54, 1.807) is 0 Å². The van der Waals surface area contributed by atoms with Crippen LogP contribution in [0.3, 0.4) is 0 Å². The zero-order valence-corrected chi connectivity index (χ0v) is 13.5. The van der Waals surface area contributed by atoms with Gasteiger partial charge in [0.05, 0.1) is 0 Å². The number of nitrogens with zero attached hydrogens (tertiary/aromatic N) is 3. The Balaban J connectivity index is 1.69. The summed E-state index contributed by atoms with van der Waals surface area (Å²) in [5.74, 6) is 1.91. The van der Waals surface area contributed by atoms with E-state index in [9.17, 15) is 0 Å². The second-order valence-electron chi connectivity index (χ2n) is 6.82. The molecule has 21 heavy (non-hydrogen) atoms. The van der Waals surface area contributed by atoms with Gasteiger partial charge >= 0.3 is 0 Å². The highest BCUT2D eigenvalue weighted by Gasteiger charge is 2.37. The minimum absolute atomic E-state index is 0.667. The first kappa shape index (κ1) is 14.6. The van der Waals surface area contributed by atoms with Crippen molar-refractivity contribution in [3.05, 3.63) is 11.8 Å². The van der Waals surface area contributed by atoms with Crippen molar-refractivity contribution in [3.63, 3.8) is 0 Å². The molecule has 1 N–H and O–H groups in total. The molecule has 116 valence electrons. The molecule has 0 unspecified atom stereocenters. The summed E-state index contributed by atoms with van der Waals surface area (Å²) in [5, 5.41) is 3.30. The fraction of sp³-hybridized carbons (Fsp3) is 0.765. The van der Waals surface area contributed by atoms with Gasteiger partial charge in [-0.2, -0.15) is 4.98 Å². The number of hydrogen-bond acceptors (Lipinski definition) is 4. The fourth-order valence-corrected chi connectivity index (χ4v) is 3.89. The van der Waals surface area contributed by atoms with E-state index in [1.165, 1.54) is 44.1 Å². The van der Waals surface area contributed by atoms with Crippen molar-refractivity contribution in [3.8, 4) is 0 Å². The normalized spacial score (nSPS) is 21.0. The summed E-state index contributed by atoms with van der Waals surface area (Å²) in [6.45, 7) is 7.54. The van der Waals surface area contributed by atoms with Gasteiger partial charge in [0.1, 0.15) is 5.82 Å². The van der Waals surface area contributed by atoms with Gasteiger partial charge in [-0.15, -0.1) is 0 Å². The van der Waals surface area contributed by atoms with Crippen molar-refractivity contribution in [2.24, 2.45) is 5.41 Å². The van der Waals surface area contributed by atoms with Crippen molar-refractivity contribution >= 4 is 11.8 Å². The van der Waals surface area contributed by atoms with E-state index in [4.69, 9.17) is 4.98 Å². The average molecular weight is 288 g/mol. The molecule has 1 saturated carbocycles. The predicted octanol–water partition coefficient (Wildman–Crippen LogP) is 3.77. The summed E-state index contributed by atoms with van der Waals surface area (Å²) < 4.78 is 0. The van der Waals surface area contributed by atoms with Crippen LogP contribution in [0, 0.1) is 12.3 Å². The van der Waals surface area contributed by atoms with Gasteiger partial charge in [0.15, 0.2) is 0 Å². The third-order valence-electron chi connectivity index (χ3n) is 5.27. The smallest absolute Gasteiger partial charge is 0.224 e. The third kappa shape index (κ3) is 3.14. The minimum atomic E-state index is 0.667. The first-order chi connectivity index (χ1) is 10.2. The maximum Gasteiger partial charge on any atom is 0.224 e. The number of aryl methyl sites for hydroxylation is 1. The Kier molecular flexibility index (Phi) is 4.32. The molecule has 1 saturated heterocycles. The van der Waals surface area contributed by atoms with Crippen LogP contribution in [-0.4, -0.2) is 29.6 Å². The predicted molar refractivity (Wildman–Crippen MR) is 87.9 cm³/mol. The molecule has 0 aromatic carbocycles. The fourth-order valence-electron chi connectivity index (χ4n) is 3.89. The van der Waals surface area contributed by atoms with Gasteiger partial charge in [-0.25, -0.2) is 4.98 Å². The average Bonchev–Trinajstić information content (AvgIpc) is 2.96. The number of rotatable bonds is 4. The lowest BCUT2D eigenvalue weighted by Gasteiger charge is -2.40. The summed E-state index contributed by atoms with van der Waals surface area (Å²) in [7, 11) is 0. The molecule has 0 bridgehead atoms. The van der Waals surface area contributed by atoms with Gasteiger partial charge in [0, 0.05) is 31.4 Å². The highest BCUT2D eigenvalue weighted by molar-refractivity contribution is 5.49. The Hall–Kier alpha value is -1.32. The molecule has 2 fully saturated rings.